The van der Waals surface area contributed by atoms with Crippen LogP contribution >= 0.6 is 11.8 Å². The van der Waals surface area contributed by atoms with Crippen molar-refractivity contribution in [2.24, 2.45) is 0 Å². The van der Waals surface area contributed by atoms with E-state index in [-0.39, 0.29) is 12.3 Å². The Morgan fingerprint density at radius 1 is 1.17 bits per heavy atom. The molecule has 0 aliphatic carbocycles. The first-order chi connectivity index (χ1) is 14.0. The Bertz CT molecular complexity index is 985. The molecule has 0 radical (unpaired) electrons. The number of thioether (sulfide) groups is 1. The predicted octanol–water partition coefficient (Wildman–Crippen LogP) is 4.41. The molecular formula is C22H22N2O4S. The highest BCUT2D eigenvalue weighted by Gasteiger charge is 2.21. The molecule has 7 heteroatoms. The second kappa shape index (κ2) is 9.43. The topological polar surface area (TPSA) is 81.4 Å². The van der Waals surface area contributed by atoms with E-state index in [2.05, 4.69) is 10.3 Å². The van der Waals surface area contributed by atoms with Gasteiger partial charge in [-0.15, -0.1) is 11.8 Å². The second-order valence-electron chi connectivity index (χ2n) is 6.39. The minimum Gasteiger partial charge on any atom is -0.469 e. The summed E-state index contributed by atoms with van der Waals surface area (Å²) in [5.41, 5.74) is 2.50. The molecular weight excluding hydrogens is 388 g/mol. The zero-order valence-corrected chi connectivity index (χ0v) is 17.3. The van der Waals surface area contributed by atoms with Crippen LogP contribution in [0.15, 0.2) is 64.1 Å². The number of amides is 1. The summed E-state index contributed by atoms with van der Waals surface area (Å²) in [7, 11) is 1.33. The summed E-state index contributed by atoms with van der Waals surface area (Å²) >= 11 is 1.63. The van der Waals surface area contributed by atoms with E-state index in [0.29, 0.717) is 22.7 Å². The van der Waals surface area contributed by atoms with Gasteiger partial charge < -0.3 is 14.5 Å². The fourth-order valence-corrected chi connectivity index (χ4v) is 3.35. The molecule has 0 saturated carbocycles. The maximum Gasteiger partial charge on any atom is 0.307 e. The second-order valence-corrected chi connectivity index (χ2v) is 7.27. The van der Waals surface area contributed by atoms with Crippen LogP contribution < -0.4 is 5.32 Å². The van der Waals surface area contributed by atoms with Gasteiger partial charge in [-0.1, -0.05) is 12.1 Å². The normalized spacial score (nSPS) is 11.7. The fourth-order valence-electron chi connectivity index (χ4n) is 2.94. The molecule has 2 heterocycles. The number of pyridine rings is 1. The van der Waals surface area contributed by atoms with E-state index in [1.165, 1.54) is 7.11 Å². The van der Waals surface area contributed by atoms with Crippen LogP contribution in [0.2, 0.25) is 0 Å². The van der Waals surface area contributed by atoms with Gasteiger partial charge in [-0.05, 0) is 55.1 Å². The van der Waals surface area contributed by atoms with E-state index in [1.807, 2.05) is 36.6 Å². The van der Waals surface area contributed by atoms with Crippen LogP contribution in [0.4, 0.5) is 0 Å². The zero-order chi connectivity index (χ0) is 20.8. The lowest BCUT2D eigenvalue weighted by Crippen LogP contribution is -2.31. The van der Waals surface area contributed by atoms with Gasteiger partial charge in [0.05, 0.1) is 37.1 Å². The van der Waals surface area contributed by atoms with Crippen LogP contribution in [0.3, 0.4) is 0 Å². The molecule has 2 aromatic heterocycles. The van der Waals surface area contributed by atoms with Crippen LogP contribution in [0, 0.1) is 6.92 Å². The Hall–Kier alpha value is -3.06. The standard InChI is InChI=1S/C22H22N2O4S/c1-14-17(10-11-18(23-14)20-5-4-12-28-20)22(26)24-19(13-21(25)27-2)15-6-8-16(29-3)9-7-15/h4-12,19H,13H2,1-3H3,(H,24,26). The number of furan rings is 1. The minimum absolute atomic E-state index is 0.0395. The molecule has 6 nitrogen and oxygen atoms in total. The van der Waals surface area contributed by atoms with E-state index in [4.69, 9.17) is 9.15 Å². The quantitative estimate of drug-likeness (QED) is 0.459. The van der Waals surface area contributed by atoms with Gasteiger partial charge in [0.2, 0.25) is 0 Å². The zero-order valence-electron chi connectivity index (χ0n) is 16.5. The molecule has 0 spiro atoms. The fraction of sp³-hybridized carbons (Fsp3) is 0.227. The Kier molecular flexibility index (Phi) is 6.72. The lowest BCUT2D eigenvalue weighted by molar-refractivity contribution is -0.141. The predicted molar refractivity (Wildman–Crippen MR) is 112 cm³/mol. The maximum absolute atomic E-state index is 12.9. The molecule has 0 bridgehead atoms. The van der Waals surface area contributed by atoms with Gasteiger partial charge in [0, 0.05) is 4.90 Å². The molecule has 0 aliphatic rings. The van der Waals surface area contributed by atoms with Gasteiger partial charge >= 0.3 is 5.97 Å². The molecule has 1 N–H and O–H groups in total. The van der Waals surface area contributed by atoms with Crippen molar-refractivity contribution in [2.75, 3.05) is 13.4 Å². The summed E-state index contributed by atoms with van der Waals surface area (Å²) in [4.78, 5) is 30.4. The third-order valence-electron chi connectivity index (χ3n) is 4.53. The van der Waals surface area contributed by atoms with E-state index in [9.17, 15) is 9.59 Å². The van der Waals surface area contributed by atoms with Crippen molar-refractivity contribution in [3.63, 3.8) is 0 Å². The van der Waals surface area contributed by atoms with Gasteiger partial charge in [0.25, 0.3) is 5.91 Å². The number of hydrogen-bond acceptors (Lipinski definition) is 6. The van der Waals surface area contributed by atoms with Crippen molar-refractivity contribution in [2.45, 2.75) is 24.3 Å². The molecule has 1 unspecified atom stereocenters. The third-order valence-corrected chi connectivity index (χ3v) is 5.27. The summed E-state index contributed by atoms with van der Waals surface area (Å²) in [6, 6.07) is 14.3. The number of nitrogens with one attached hydrogen (secondary N) is 1. The average molecular weight is 410 g/mol. The Morgan fingerprint density at radius 3 is 2.52 bits per heavy atom. The van der Waals surface area contributed by atoms with Crippen molar-refractivity contribution < 1.29 is 18.7 Å². The van der Waals surface area contributed by atoms with Crippen LogP contribution in [-0.4, -0.2) is 30.2 Å². The summed E-state index contributed by atoms with van der Waals surface area (Å²) in [6.45, 7) is 1.77. The SMILES string of the molecule is COC(=O)CC(NC(=O)c1ccc(-c2ccco2)nc1C)c1ccc(SC)cc1. The third kappa shape index (κ3) is 5.06. The van der Waals surface area contributed by atoms with Crippen LogP contribution in [0.1, 0.15) is 34.1 Å². The number of methoxy groups -OCH3 is 1. The number of aryl methyl sites for hydroxylation is 1. The number of carbonyl (C=O) groups excluding carboxylic acids is 2. The molecule has 3 aromatic rings. The lowest BCUT2D eigenvalue weighted by Gasteiger charge is -2.19. The highest BCUT2D eigenvalue weighted by molar-refractivity contribution is 7.98. The highest BCUT2D eigenvalue weighted by atomic mass is 32.2. The average Bonchev–Trinajstić information content (AvgIpc) is 3.28. The minimum atomic E-state index is -0.505. The molecule has 1 amide bonds. The Balaban J connectivity index is 1.82. The number of benzene rings is 1. The maximum atomic E-state index is 12.9. The monoisotopic (exact) mass is 410 g/mol. The summed E-state index contributed by atoms with van der Waals surface area (Å²) in [5, 5.41) is 2.94. The smallest absolute Gasteiger partial charge is 0.307 e. The molecule has 0 aliphatic heterocycles. The summed E-state index contributed by atoms with van der Waals surface area (Å²) in [6.07, 6.45) is 3.61. The number of rotatable bonds is 7. The number of nitrogens with zero attached hydrogens (tertiary/aromatic N) is 1. The van der Waals surface area contributed by atoms with Crippen molar-refractivity contribution in [1.29, 1.82) is 0 Å². The lowest BCUT2D eigenvalue weighted by atomic mass is 10.0. The summed E-state index contributed by atoms with van der Waals surface area (Å²) in [5.74, 6) is -0.0615. The van der Waals surface area contributed by atoms with Crippen LogP contribution in [0.5, 0.6) is 0 Å². The van der Waals surface area contributed by atoms with E-state index >= 15 is 0 Å². The van der Waals surface area contributed by atoms with Crippen molar-refractivity contribution in [3.05, 3.63) is 71.6 Å². The number of esters is 1. The molecule has 1 aromatic carbocycles. The van der Waals surface area contributed by atoms with E-state index < -0.39 is 12.0 Å². The first-order valence-corrected chi connectivity index (χ1v) is 10.3. The molecule has 1 atom stereocenters. The first kappa shape index (κ1) is 20.7. The Morgan fingerprint density at radius 2 is 1.93 bits per heavy atom. The van der Waals surface area contributed by atoms with Crippen molar-refractivity contribution >= 4 is 23.6 Å². The van der Waals surface area contributed by atoms with E-state index in [0.717, 1.165) is 10.5 Å². The highest BCUT2D eigenvalue weighted by Crippen LogP contribution is 2.23. The molecule has 3 rings (SSSR count). The molecule has 0 saturated heterocycles. The van der Waals surface area contributed by atoms with Crippen molar-refractivity contribution in [3.8, 4) is 11.5 Å². The van der Waals surface area contributed by atoms with Crippen molar-refractivity contribution in [1.82, 2.24) is 10.3 Å². The Labute approximate surface area is 173 Å². The first-order valence-electron chi connectivity index (χ1n) is 9.05. The number of ether oxygens (including phenoxy) is 1. The number of carbonyl (C=O) groups is 2. The largest absolute Gasteiger partial charge is 0.469 e. The van der Waals surface area contributed by atoms with Gasteiger partial charge in [-0.2, -0.15) is 0 Å². The molecule has 29 heavy (non-hydrogen) atoms. The van der Waals surface area contributed by atoms with Gasteiger partial charge in [-0.25, -0.2) is 4.98 Å². The van der Waals surface area contributed by atoms with E-state index in [1.54, 1.807) is 43.1 Å². The van der Waals surface area contributed by atoms with Crippen LogP contribution in [-0.2, 0) is 9.53 Å². The van der Waals surface area contributed by atoms with Gasteiger partial charge in [0.15, 0.2) is 5.76 Å². The number of hydrogen-bond donors (Lipinski definition) is 1. The van der Waals surface area contributed by atoms with Crippen LogP contribution in [0.25, 0.3) is 11.5 Å². The molecule has 0 fully saturated rings. The summed E-state index contributed by atoms with van der Waals surface area (Å²) < 4.78 is 10.2. The van der Waals surface area contributed by atoms with Gasteiger partial charge in [0.1, 0.15) is 5.69 Å². The molecule has 150 valence electrons. The number of aromatic nitrogens is 1. The van der Waals surface area contributed by atoms with Gasteiger partial charge in [-0.3, -0.25) is 9.59 Å².